The molecule has 0 aliphatic heterocycles. The summed E-state index contributed by atoms with van der Waals surface area (Å²) in [7, 11) is -2.11. The van der Waals surface area contributed by atoms with E-state index in [0.717, 1.165) is 35.9 Å². The fourth-order valence-electron chi connectivity index (χ4n) is 4.96. The lowest BCUT2D eigenvalue weighted by Crippen LogP contribution is -2.51. The standard InChI is InChI=1S/C27H45NO5S2Si/c1-19(35(29,30)25-28-21-12-10-11-13-23(21)34-25)14-16-27(5)17-15-20(24(31-6)32-7)22(18-27)33-36(8,9)26(2,3)4/h10-13,19-20,22,24H,14-18H2,1-9H3/t19?,20-,22+,27+/m0/s1. The van der Waals surface area contributed by atoms with Gasteiger partial charge in [0.2, 0.25) is 14.2 Å². The molecule has 9 heteroatoms. The van der Waals surface area contributed by atoms with Crippen molar-refractivity contribution in [1.82, 2.24) is 4.98 Å². The van der Waals surface area contributed by atoms with Crippen molar-refractivity contribution >= 4 is 39.7 Å². The second-order valence-corrected chi connectivity index (χ2v) is 20.6. The van der Waals surface area contributed by atoms with E-state index < -0.39 is 23.4 Å². The number of fused-ring (bicyclic) bond motifs is 1. The van der Waals surface area contributed by atoms with E-state index in [2.05, 4.69) is 45.8 Å². The number of ether oxygens (including phenoxy) is 2. The first kappa shape index (κ1) is 29.7. The minimum Gasteiger partial charge on any atom is -0.413 e. The molecule has 1 aromatic carbocycles. The maximum absolute atomic E-state index is 13.4. The van der Waals surface area contributed by atoms with Crippen LogP contribution in [-0.2, 0) is 23.7 Å². The first-order chi connectivity index (χ1) is 16.6. The van der Waals surface area contributed by atoms with Gasteiger partial charge in [-0.15, -0.1) is 11.3 Å². The molecule has 1 aliphatic carbocycles. The monoisotopic (exact) mass is 555 g/mol. The van der Waals surface area contributed by atoms with E-state index in [1.807, 2.05) is 31.2 Å². The average molecular weight is 556 g/mol. The van der Waals surface area contributed by atoms with Gasteiger partial charge in [-0.25, -0.2) is 13.4 Å². The topological polar surface area (TPSA) is 74.7 Å². The van der Waals surface area contributed by atoms with E-state index in [0.29, 0.717) is 6.42 Å². The fraction of sp³-hybridized carbons (Fsp3) is 0.741. The summed E-state index contributed by atoms with van der Waals surface area (Å²) in [5, 5.41) is -0.390. The highest BCUT2D eigenvalue weighted by atomic mass is 32.2. The Hall–Kier alpha value is -0.843. The Kier molecular flexibility index (Phi) is 9.16. The van der Waals surface area contributed by atoms with Crippen molar-refractivity contribution < 1.29 is 22.3 Å². The SMILES string of the molecule is COC(OC)[C@H]1CC[C@@](C)(CCC(C)S(=O)(=O)c2nc3ccccc3s2)C[C@H]1O[Si](C)(C)C(C)(C)C. The van der Waals surface area contributed by atoms with Gasteiger partial charge in [0, 0.05) is 20.1 Å². The van der Waals surface area contributed by atoms with E-state index in [-0.39, 0.29) is 33.1 Å². The molecule has 3 rings (SSSR count). The van der Waals surface area contributed by atoms with Crippen LogP contribution >= 0.6 is 11.3 Å². The lowest BCUT2D eigenvalue weighted by molar-refractivity contribution is -0.175. The van der Waals surface area contributed by atoms with Crippen LogP contribution in [0.25, 0.3) is 10.2 Å². The summed E-state index contributed by atoms with van der Waals surface area (Å²) in [6.07, 6.45) is 3.94. The summed E-state index contributed by atoms with van der Waals surface area (Å²) in [4.78, 5) is 4.43. The molecule has 1 heterocycles. The molecule has 1 aromatic heterocycles. The van der Waals surface area contributed by atoms with Crippen LogP contribution in [0.15, 0.2) is 28.6 Å². The fourth-order valence-corrected chi connectivity index (χ4v) is 9.25. The van der Waals surface area contributed by atoms with Crippen LogP contribution in [0.3, 0.4) is 0 Å². The highest BCUT2D eigenvalue weighted by molar-refractivity contribution is 7.94. The van der Waals surface area contributed by atoms with Gasteiger partial charge in [-0.2, -0.15) is 0 Å². The quantitative estimate of drug-likeness (QED) is 0.231. The highest BCUT2D eigenvalue weighted by Gasteiger charge is 2.47. The molecule has 0 saturated heterocycles. The molecule has 2 aromatic rings. The number of nitrogens with zero attached hydrogens (tertiary/aromatic N) is 1. The number of hydrogen-bond donors (Lipinski definition) is 0. The molecular formula is C27H45NO5S2Si. The lowest BCUT2D eigenvalue weighted by Gasteiger charge is -2.49. The van der Waals surface area contributed by atoms with Crippen LogP contribution in [0.1, 0.15) is 66.7 Å². The molecule has 4 atom stereocenters. The summed E-state index contributed by atoms with van der Waals surface area (Å²) >= 11 is 1.27. The minimum absolute atomic E-state index is 0.00701. The Labute approximate surface area is 223 Å². The Morgan fingerprint density at radius 1 is 1.19 bits per heavy atom. The third-order valence-corrected chi connectivity index (χ3v) is 16.7. The van der Waals surface area contributed by atoms with Crippen LogP contribution in [0.2, 0.25) is 18.1 Å². The molecule has 1 saturated carbocycles. The first-order valence-electron chi connectivity index (χ1n) is 13.0. The number of thiazole rings is 1. The zero-order valence-corrected chi connectivity index (χ0v) is 26.1. The molecule has 0 bridgehead atoms. The molecule has 1 unspecified atom stereocenters. The van der Waals surface area contributed by atoms with Gasteiger partial charge >= 0.3 is 0 Å². The minimum atomic E-state index is -3.48. The van der Waals surface area contributed by atoms with Crippen molar-refractivity contribution in [2.75, 3.05) is 14.2 Å². The number of sulfone groups is 1. The summed E-state index contributed by atoms with van der Waals surface area (Å²) < 4.78 is 46.2. The van der Waals surface area contributed by atoms with E-state index in [1.165, 1.54) is 11.3 Å². The summed E-state index contributed by atoms with van der Waals surface area (Å²) in [6.45, 7) is 15.5. The zero-order chi connectivity index (χ0) is 26.9. The smallest absolute Gasteiger partial charge is 0.210 e. The zero-order valence-electron chi connectivity index (χ0n) is 23.5. The number of hydrogen-bond acceptors (Lipinski definition) is 7. The van der Waals surface area contributed by atoms with Crippen molar-refractivity contribution in [3.05, 3.63) is 24.3 Å². The number of benzene rings is 1. The van der Waals surface area contributed by atoms with Gasteiger partial charge in [0.05, 0.1) is 21.6 Å². The van der Waals surface area contributed by atoms with Crippen molar-refractivity contribution in [2.24, 2.45) is 11.3 Å². The van der Waals surface area contributed by atoms with Crippen molar-refractivity contribution in [1.29, 1.82) is 0 Å². The molecule has 204 valence electrons. The number of rotatable bonds is 10. The predicted octanol–water partition coefficient (Wildman–Crippen LogP) is 7.05. The molecule has 1 fully saturated rings. The summed E-state index contributed by atoms with van der Waals surface area (Å²) in [6, 6.07) is 7.59. The van der Waals surface area contributed by atoms with E-state index in [9.17, 15) is 8.42 Å². The van der Waals surface area contributed by atoms with Crippen LogP contribution in [0, 0.1) is 11.3 Å². The summed E-state index contributed by atoms with van der Waals surface area (Å²) in [5.74, 6) is 0.158. The lowest BCUT2D eigenvalue weighted by atomic mass is 9.67. The van der Waals surface area contributed by atoms with Crippen molar-refractivity contribution in [2.45, 2.75) is 107 Å². The van der Waals surface area contributed by atoms with E-state index >= 15 is 0 Å². The molecule has 36 heavy (non-hydrogen) atoms. The van der Waals surface area contributed by atoms with Crippen LogP contribution < -0.4 is 0 Å². The third-order valence-electron chi connectivity index (χ3n) is 8.52. The van der Waals surface area contributed by atoms with E-state index in [1.54, 1.807) is 14.2 Å². The van der Waals surface area contributed by atoms with Gasteiger partial charge in [-0.1, -0.05) is 39.8 Å². The predicted molar refractivity (Wildman–Crippen MR) is 151 cm³/mol. The Bertz CT molecular complexity index is 1090. The third kappa shape index (κ3) is 6.41. The number of para-hydroxylation sites is 1. The van der Waals surface area contributed by atoms with Crippen molar-refractivity contribution in [3.8, 4) is 0 Å². The van der Waals surface area contributed by atoms with Crippen LogP contribution in [0.5, 0.6) is 0 Å². The largest absolute Gasteiger partial charge is 0.413 e. The highest BCUT2D eigenvalue weighted by Crippen LogP contribution is 2.48. The normalized spacial score (nSPS) is 24.9. The molecule has 6 nitrogen and oxygen atoms in total. The number of aromatic nitrogens is 1. The summed E-state index contributed by atoms with van der Waals surface area (Å²) in [5.41, 5.74) is 0.738. The molecular weight excluding hydrogens is 511 g/mol. The molecule has 0 amide bonds. The van der Waals surface area contributed by atoms with Crippen LogP contribution in [0.4, 0.5) is 0 Å². The average Bonchev–Trinajstić information content (AvgIpc) is 3.24. The van der Waals surface area contributed by atoms with E-state index in [4.69, 9.17) is 13.9 Å². The first-order valence-corrected chi connectivity index (χ1v) is 18.2. The van der Waals surface area contributed by atoms with Gasteiger partial charge in [-0.05, 0) is 74.7 Å². The van der Waals surface area contributed by atoms with Gasteiger partial charge in [-0.3, -0.25) is 0 Å². The van der Waals surface area contributed by atoms with Gasteiger partial charge in [0.25, 0.3) is 0 Å². The molecule has 0 spiro atoms. The molecule has 0 N–H and O–H groups in total. The van der Waals surface area contributed by atoms with Gasteiger partial charge in [0.1, 0.15) is 0 Å². The maximum atomic E-state index is 13.4. The second kappa shape index (κ2) is 11.1. The Morgan fingerprint density at radius 2 is 1.83 bits per heavy atom. The Balaban J connectivity index is 1.75. The number of methoxy groups -OCH3 is 2. The second-order valence-electron chi connectivity index (χ2n) is 12.3. The molecule has 0 radical (unpaired) electrons. The van der Waals surface area contributed by atoms with Gasteiger partial charge in [0.15, 0.2) is 14.6 Å². The Morgan fingerprint density at radius 3 is 2.42 bits per heavy atom. The maximum Gasteiger partial charge on any atom is 0.210 e. The van der Waals surface area contributed by atoms with Gasteiger partial charge < -0.3 is 13.9 Å². The molecule has 1 aliphatic rings. The van der Waals surface area contributed by atoms with Crippen LogP contribution in [-0.4, -0.2) is 53.6 Å². The van der Waals surface area contributed by atoms with Crippen molar-refractivity contribution in [3.63, 3.8) is 0 Å².